The molecule has 0 radical (unpaired) electrons. The number of nitrogens with zero attached hydrogens (tertiary/aromatic N) is 2. The number of para-hydroxylation sites is 1. The van der Waals surface area contributed by atoms with E-state index in [1.807, 2.05) is 19.2 Å². The zero-order valence-corrected chi connectivity index (χ0v) is 12.2. The van der Waals surface area contributed by atoms with E-state index in [2.05, 4.69) is 0 Å². The summed E-state index contributed by atoms with van der Waals surface area (Å²) in [6.45, 7) is 1.62. The van der Waals surface area contributed by atoms with Gasteiger partial charge in [0.2, 0.25) is 0 Å². The number of amides is 1. The molecule has 0 N–H and O–H groups in total. The Kier molecular flexibility index (Phi) is 4.81. The third kappa shape index (κ3) is 3.74. The topological polar surface area (TPSA) is 53.3 Å². The average molecular weight is 301 g/mol. The first-order chi connectivity index (χ1) is 10.1. The predicted octanol–water partition coefficient (Wildman–Crippen LogP) is 3.54. The minimum atomic E-state index is -0.432. The third-order valence-corrected chi connectivity index (χ3v) is 3.09. The maximum atomic E-state index is 12.1. The molecule has 0 bridgehead atoms. The quantitative estimate of drug-likeness (QED) is 0.641. The fraction of sp³-hybridized carbons (Fsp3) is 0.125. The van der Waals surface area contributed by atoms with Crippen LogP contribution in [-0.4, -0.2) is 12.5 Å². The average Bonchev–Trinajstić information content (AvgIpc) is 2.48. The first-order valence-corrected chi connectivity index (χ1v) is 6.66. The second-order valence-electron chi connectivity index (χ2n) is 4.36. The standard InChI is InChI=1S/C16H13ClN2O2/c1-12-9-13(17)7-8-15(12)21-10-16(20)19(11-18)14-5-3-2-4-6-14/h2-9H,10H2,1H3. The van der Waals surface area contributed by atoms with Gasteiger partial charge in [-0.05, 0) is 42.8 Å². The Morgan fingerprint density at radius 2 is 2.00 bits per heavy atom. The van der Waals surface area contributed by atoms with Crippen LogP contribution < -0.4 is 9.64 Å². The zero-order valence-electron chi connectivity index (χ0n) is 11.4. The van der Waals surface area contributed by atoms with Crippen LogP contribution in [0.3, 0.4) is 0 Å². The molecule has 0 aliphatic rings. The van der Waals surface area contributed by atoms with Gasteiger partial charge in [-0.15, -0.1) is 0 Å². The zero-order chi connectivity index (χ0) is 15.2. The number of rotatable bonds is 4. The van der Waals surface area contributed by atoms with E-state index >= 15 is 0 Å². The number of hydrogen-bond donors (Lipinski definition) is 0. The van der Waals surface area contributed by atoms with Crippen LogP contribution in [0.1, 0.15) is 5.56 Å². The van der Waals surface area contributed by atoms with Crippen LogP contribution in [-0.2, 0) is 4.79 Å². The Labute approximate surface area is 128 Å². The van der Waals surface area contributed by atoms with E-state index in [1.165, 1.54) is 0 Å². The number of carbonyl (C=O) groups excluding carboxylic acids is 1. The molecule has 2 rings (SSSR count). The monoisotopic (exact) mass is 300 g/mol. The van der Waals surface area contributed by atoms with Gasteiger partial charge >= 0.3 is 0 Å². The molecular formula is C16H13ClN2O2. The molecule has 0 aliphatic heterocycles. The Morgan fingerprint density at radius 3 is 2.62 bits per heavy atom. The Balaban J connectivity index is 2.06. The molecule has 2 aromatic carbocycles. The number of benzene rings is 2. The molecule has 0 saturated heterocycles. The van der Waals surface area contributed by atoms with Gasteiger partial charge in [-0.25, -0.2) is 4.90 Å². The number of hydrogen-bond acceptors (Lipinski definition) is 3. The van der Waals surface area contributed by atoms with Crippen molar-refractivity contribution in [1.82, 2.24) is 0 Å². The summed E-state index contributed by atoms with van der Waals surface area (Å²) in [6, 6.07) is 13.9. The third-order valence-electron chi connectivity index (χ3n) is 2.85. The molecule has 106 valence electrons. The van der Waals surface area contributed by atoms with Gasteiger partial charge in [0.1, 0.15) is 5.75 Å². The first kappa shape index (κ1) is 14.9. The summed E-state index contributed by atoms with van der Waals surface area (Å²) < 4.78 is 5.46. The molecule has 0 unspecified atom stereocenters. The van der Waals surface area contributed by atoms with E-state index in [-0.39, 0.29) is 6.61 Å². The number of aryl methyl sites for hydroxylation is 1. The summed E-state index contributed by atoms with van der Waals surface area (Å²) in [4.78, 5) is 13.1. The van der Waals surface area contributed by atoms with E-state index in [4.69, 9.17) is 21.6 Å². The second-order valence-corrected chi connectivity index (χ2v) is 4.80. The summed E-state index contributed by atoms with van der Waals surface area (Å²) in [5.74, 6) is 0.136. The lowest BCUT2D eigenvalue weighted by Gasteiger charge is -2.15. The highest BCUT2D eigenvalue weighted by molar-refractivity contribution is 6.30. The minimum absolute atomic E-state index is 0.217. The Morgan fingerprint density at radius 1 is 1.29 bits per heavy atom. The molecule has 2 aromatic rings. The van der Waals surface area contributed by atoms with Gasteiger partial charge in [-0.1, -0.05) is 29.8 Å². The highest BCUT2D eigenvalue weighted by atomic mass is 35.5. The highest BCUT2D eigenvalue weighted by Gasteiger charge is 2.16. The lowest BCUT2D eigenvalue weighted by Crippen LogP contribution is -2.30. The molecule has 0 heterocycles. The number of carbonyl (C=O) groups is 1. The van der Waals surface area contributed by atoms with Crippen LogP contribution in [0.5, 0.6) is 5.75 Å². The van der Waals surface area contributed by atoms with Gasteiger partial charge in [0.15, 0.2) is 12.8 Å². The van der Waals surface area contributed by atoms with E-state index < -0.39 is 5.91 Å². The van der Waals surface area contributed by atoms with Gasteiger partial charge in [0, 0.05) is 5.02 Å². The van der Waals surface area contributed by atoms with Crippen LogP contribution in [0.15, 0.2) is 48.5 Å². The van der Waals surface area contributed by atoms with Crippen molar-refractivity contribution in [3.8, 4) is 11.9 Å². The van der Waals surface area contributed by atoms with E-state index in [9.17, 15) is 4.79 Å². The molecule has 4 nitrogen and oxygen atoms in total. The van der Waals surface area contributed by atoms with Gasteiger partial charge in [-0.2, -0.15) is 5.26 Å². The van der Waals surface area contributed by atoms with Gasteiger partial charge < -0.3 is 4.74 Å². The van der Waals surface area contributed by atoms with Crippen molar-refractivity contribution < 1.29 is 9.53 Å². The van der Waals surface area contributed by atoms with Crippen LogP contribution >= 0.6 is 11.6 Å². The molecule has 1 amide bonds. The van der Waals surface area contributed by atoms with E-state index in [0.717, 1.165) is 10.5 Å². The smallest absolute Gasteiger partial charge is 0.278 e. The number of halogens is 1. The van der Waals surface area contributed by atoms with Gasteiger partial charge in [0.25, 0.3) is 5.91 Å². The number of anilines is 1. The lowest BCUT2D eigenvalue weighted by molar-refractivity contribution is -0.119. The van der Waals surface area contributed by atoms with Crippen molar-refractivity contribution in [2.45, 2.75) is 6.92 Å². The maximum absolute atomic E-state index is 12.1. The molecule has 0 saturated carbocycles. The Hall–Kier alpha value is -2.51. The van der Waals surface area contributed by atoms with E-state index in [1.54, 1.807) is 42.5 Å². The predicted molar refractivity (Wildman–Crippen MR) is 81.2 cm³/mol. The molecule has 0 aliphatic carbocycles. The molecule has 5 heteroatoms. The number of nitriles is 1. The summed E-state index contributed by atoms with van der Waals surface area (Å²) in [6.07, 6.45) is 1.86. The van der Waals surface area contributed by atoms with Crippen LogP contribution in [0, 0.1) is 18.4 Å². The van der Waals surface area contributed by atoms with Crippen molar-refractivity contribution >= 4 is 23.2 Å². The summed E-state index contributed by atoms with van der Waals surface area (Å²) in [5, 5.41) is 9.73. The molecule has 0 aromatic heterocycles. The molecule has 0 fully saturated rings. The molecule has 21 heavy (non-hydrogen) atoms. The summed E-state index contributed by atoms with van der Waals surface area (Å²) in [5.41, 5.74) is 1.35. The van der Waals surface area contributed by atoms with Crippen LogP contribution in [0.25, 0.3) is 0 Å². The van der Waals surface area contributed by atoms with Crippen molar-refractivity contribution in [3.63, 3.8) is 0 Å². The minimum Gasteiger partial charge on any atom is -0.483 e. The SMILES string of the molecule is Cc1cc(Cl)ccc1OCC(=O)N(C#N)c1ccccc1. The molecule has 0 spiro atoms. The van der Waals surface area contributed by atoms with Crippen molar-refractivity contribution in [2.24, 2.45) is 0 Å². The van der Waals surface area contributed by atoms with Gasteiger partial charge in [-0.3, -0.25) is 4.79 Å². The fourth-order valence-corrected chi connectivity index (χ4v) is 2.04. The Bertz CT molecular complexity index is 680. The first-order valence-electron chi connectivity index (χ1n) is 6.28. The molecule has 0 atom stereocenters. The van der Waals surface area contributed by atoms with Gasteiger partial charge in [0.05, 0.1) is 5.69 Å². The highest BCUT2D eigenvalue weighted by Crippen LogP contribution is 2.22. The largest absolute Gasteiger partial charge is 0.483 e. The summed E-state index contributed by atoms with van der Waals surface area (Å²) >= 11 is 5.86. The lowest BCUT2D eigenvalue weighted by atomic mass is 10.2. The molecular weight excluding hydrogens is 288 g/mol. The van der Waals surface area contributed by atoms with Crippen LogP contribution in [0.2, 0.25) is 5.02 Å². The number of ether oxygens (including phenoxy) is 1. The van der Waals surface area contributed by atoms with Crippen molar-refractivity contribution in [1.29, 1.82) is 5.26 Å². The van der Waals surface area contributed by atoms with Crippen LogP contribution in [0.4, 0.5) is 5.69 Å². The fourth-order valence-electron chi connectivity index (χ4n) is 1.81. The van der Waals surface area contributed by atoms with E-state index in [0.29, 0.717) is 16.5 Å². The normalized spacial score (nSPS) is 9.76. The van der Waals surface area contributed by atoms with Crippen molar-refractivity contribution in [3.05, 3.63) is 59.1 Å². The van der Waals surface area contributed by atoms with Crippen molar-refractivity contribution in [2.75, 3.05) is 11.5 Å². The maximum Gasteiger partial charge on any atom is 0.278 e. The summed E-state index contributed by atoms with van der Waals surface area (Å²) in [7, 11) is 0. The second kappa shape index (κ2) is 6.78.